The first-order valence-corrected chi connectivity index (χ1v) is 14.6. The summed E-state index contributed by atoms with van der Waals surface area (Å²) in [6.45, 7) is 9.19. The number of hydrogen-bond donors (Lipinski definition) is 1. The maximum Gasteiger partial charge on any atom is 0.416 e. The zero-order chi connectivity index (χ0) is 32.4. The number of hydrogen-bond acceptors (Lipinski definition) is 6. The zero-order valence-electron chi connectivity index (χ0n) is 25.6. The molecule has 1 aromatic rings. The van der Waals surface area contributed by atoms with Gasteiger partial charge in [0.15, 0.2) is 0 Å². The third-order valence-corrected chi connectivity index (χ3v) is 8.38. The Morgan fingerprint density at radius 2 is 1.82 bits per heavy atom. The number of benzene rings is 1. The van der Waals surface area contributed by atoms with Crippen molar-refractivity contribution in [1.82, 2.24) is 20.0 Å². The number of piperidine rings is 1. The maximum atomic E-state index is 14.4. The number of amides is 3. The first-order valence-electron chi connectivity index (χ1n) is 14.6. The quantitative estimate of drug-likeness (QED) is 0.269. The van der Waals surface area contributed by atoms with Crippen molar-refractivity contribution in [2.75, 3.05) is 40.0 Å². The summed E-state index contributed by atoms with van der Waals surface area (Å²) in [5.41, 5.74) is -1.14. The number of alkyl halides is 3. The number of ether oxygens (including phenoxy) is 1. The molecule has 1 spiro atoms. The van der Waals surface area contributed by atoms with Crippen molar-refractivity contribution in [3.8, 4) is 0 Å². The Kier molecular flexibility index (Phi) is 9.86. The van der Waals surface area contributed by atoms with Gasteiger partial charge in [0.25, 0.3) is 5.91 Å². The molecular formula is C31H39F4N5O4. The van der Waals surface area contributed by atoms with Crippen molar-refractivity contribution in [2.24, 2.45) is 10.9 Å². The highest BCUT2D eigenvalue weighted by atomic mass is 19.4. The standard InChI is InChI=1S/C31H39F4N5O4/c1-6-23(9-7-20(4)36-22-16-44-17-22)40-18-38(5)29(43)30(40)11-13-39(14-12-30)28(42)26(19(2)3)37-27(41)24-15-21(31(33,34)35)8-10-25(24)32/h6-10,15,19,22,26H,11-14,16-18H2,1-5H3,(H,37,41)/b9-7-,23-6?,36-20?. The lowest BCUT2D eigenvalue weighted by atomic mass is 9.85. The van der Waals surface area contributed by atoms with Crippen LogP contribution in [0.1, 0.15) is 56.5 Å². The van der Waals surface area contributed by atoms with E-state index in [2.05, 4.69) is 10.3 Å². The number of aliphatic imine (C=N–C) groups is 1. The number of likely N-dealkylation sites (tertiary alicyclic amines) is 1. The lowest BCUT2D eigenvalue weighted by Gasteiger charge is -2.44. The van der Waals surface area contributed by atoms with E-state index < -0.39 is 52.4 Å². The zero-order valence-corrected chi connectivity index (χ0v) is 25.6. The minimum Gasteiger partial charge on any atom is -0.377 e. The summed E-state index contributed by atoms with van der Waals surface area (Å²) in [4.78, 5) is 49.9. The molecule has 0 saturated carbocycles. The van der Waals surface area contributed by atoms with Gasteiger partial charge in [0.2, 0.25) is 11.8 Å². The van der Waals surface area contributed by atoms with Gasteiger partial charge < -0.3 is 24.8 Å². The van der Waals surface area contributed by atoms with E-state index in [1.54, 1.807) is 30.7 Å². The SMILES string of the molecule is CC=C(/C=C\C(C)=NC1COC1)N1CN(C)C(=O)C12CCN(C(=O)C(NC(=O)c1cc(C(F)(F)F)ccc1F)C(C)C)CC2. The third kappa shape index (κ3) is 6.82. The molecule has 240 valence electrons. The molecule has 1 aromatic carbocycles. The van der Waals surface area contributed by atoms with Crippen LogP contribution < -0.4 is 5.32 Å². The first-order chi connectivity index (χ1) is 20.7. The average Bonchev–Trinajstić information content (AvgIpc) is 3.18. The summed E-state index contributed by atoms with van der Waals surface area (Å²) >= 11 is 0. The number of carbonyl (C=O) groups is 3. The second kappa shape index (κ2) is 13.1. The summed E-state index contributed by atoms with van der Waals surface area (Å²) in [6.07, 6.45) is 1.67. The van der Waals surface area contributed by atoms with E-state index >= 15 is 0 Å². The monoisotopic (exact) mass is 621 g/mol. The number of allylic oxidation sites excluding steroid dienone is 3. The minimum atomic E-state index is -4.76. The fraction of sp³-hybridized carbons (Fsp3) is 0.548. The lowest BCUT2D eigenvalue weighted by Crippen LogP contribution is -2.59. The lowest BCUT2D eigenvalue weighted by molar-refractivity contribution is -0.141. The summed E-state index contributed by atoms with van der Waals surface area (Å²) in [7, 11) is 1.74. The minimum absolute atomic E-state index is 0.0527. The third-order valence-electron chi connectivity index (χ3n) is 8.38. The molecule has 0 aliphatic carbocycles. The molecule has 3 amide bonds. The van der Waals surface area contributed by atoms with Crippen LogP contribution in [0.3, 0.4) is 0 Å². The summed E-state index contributed by atoms with van der Waals surface area (Å²) in [5.74, 6) is -3.17. The molecule has 3 heterocycles. The molecule has 0 radical (unpaired) electrons. The molecule has 9 nitrogen and oxygen atoms in total. The van der Waals surface area contributed by atoms with Crippen molar-refractivity contribution >= 4 is 23.4 Å². The number of carbonyl (C=O) groups excluding carboxylic acids is 3. The van der Waals surface area contributed by atoms with Gasteiger partial charge in [-0.25, -0.2) is 4.39 Å². The fourth-order valence-corrected chi connectivity index (χ4v) is 5.77. The van der Waals surface area contributed by atoms with Crippen molar-refractivity contribution in [3.63, 3.8) is 0 Å². The Morgan fingerprint density at radius 1 is 1.16 bits per heavy atom. The molecule has 44 heavy (non-hydrogen) atoms. The molecular weight excluding hydrogens is 582 g/mol. The van der Waals surface area contributed by atoms with Gasteiger partial charge in [0, 0.05) is 31.5 Å². The average molecular weight is 622 g/mol. The van der Waals surface area contributed by atoms with E-state index in [-0.39, 0.29) is 25.0 Å². The molecule has 1 atom stereocenters. The van der Waals surface area contributed by atoms with Crippen molar-refractivity contribution in [1.29, 1.82) is 0 Å². The predicted octanol–water partition coefficient (Wildman–Crippen LogP) is 4.01. The van der Waals surface area contributed by atoms with E-state index in [9.17, 15) is 31.9 Å². The molecule has 3 aliphatic heterocycles. The number of nitrogens with one attached hydrogen (secondary N) is 1. The summed E-state index contributed by atoms with van der Waals surface area (Å²) < 4.78 is 59.1. The topological polar surface area (TPSA) is 94.6 Å². The second-order valence-corrected chi connectivity index (χ2v) is 11.8. The van der Waals surface area contributed by atoms with E-state index in [0.29, 0.717) is 50.9 Å². The van der Waals surface area contributed by atoms with E-state index in [1.807, 2.05) is 37.0 Å². The van der Waals surface area contributed by atoms with Crippen LogP contribution in [0.25, 0.3) is 0 Å². The molecule has 3 aliphatic rings. The summed E-state index contributed by atoms with van der Waals surface area (Å²) in [5, 5.41) is 2.45. The number of halogens is 4. The molecule has 1 unspecified atom stereocenters. The van der Waals surface area contributed by atoms with Gasteiger partial charge in [-0.15, -0.1) is 0 Å². The van der Waals surface area contributed by atoms with Crippen molar-refractivity contribution in [3.05, 3.63) is 59.1 Å². The molecule has 3 saturated heterocycles. The highest BCUT2D eigenvalue weighted by molar-refractivity contribution is 5.98. The Labute approximate surface area is 254 Å². The summed E-state index contributed by atoms with van der Waals surface area (Å²) in [6, 6.07) is 0.628. The molecule has 13 heteroatoms. The number of likely N-dealkylation sites (N-methyl/N-ethyl adjacent to an activating group) is 1. The number of nitrogens with zero attached hydrogens (tertiary/aromatic N) is 4. The van der Waals surface area contributed by atoms with Crippen LogP contribution in [0.4, 0.5) is 17.6 Å². The van der Waals surface area contributed by atoms with E-state index in [4.69, 9.17) is 4.74 Å². The maximum absolute atomic E-state index is 14.4. The normalized spacial score (nSPS) is 20.6. The molecule has 0 aromatic heterocycles. The Morgan fingerprint density at radius 3 is 2.36 bits per heavy atom. The largest absolute Gasteiger partial charge is 0.416 e. The predicted molar refractivity (Wildman–Crippen MR) is 156 cm³/mol. The second-order valence-electron chi connectivity index (χ2n) is 11.8. The van der Waals surface area contributed by atoms with Gasteiger partial charge in [0.1, 0.15) is 17.4 Å². The van der Waals surface area contributed by atoms with Crippen molar-refractivity contribution < 1.29 is 36.7 Å². The van der Waals surface area contributed by atoms with Crippen LogP contribution in [-0.4, -0.2) is 95.8 Å². The van der Waals surface area contributed by atoms with Gasteiger partial charge in [-0.2, -0.15) is 13.2 Å². The Hall–Kier alpha value is -3.74. The van der Waals surface area contributed by atoms with E-state index in [1.165, 1.54) is 0 Å². The van der Waals surface area contributed by atoms with Crippen LogP contribution in [0.5, 0.6) is 0 Å². The molecule has 3 fully saturated rings. The number of rotatable bonds is 8. The molecule has 4 rings (SSSR count). The van der Waals surface area contributed by atoms with Gasteiger partial charge in [-0.3, -0.25) is 19.4 Å². The van der Waals surface area contributed by atoms with Gasteiger partial charge in [-0.1, -0.05) is 19.9 Å². The Bertz CT molecular complexity index is 1360. The molecule has 0 bridgehead atoms. The first kappa shape index (κ1) is 33.2. The smallest absolute Gasteiger partial charge is 0.377 e. The van der Waals surface area contributed by atoms with Gasteiger partial charge >= 0.3 is 6.18 Å². The van der Waals surface area contributed by atoms with Crippen LogP contribution in [0.15, 0.2) is 47.1 Å². The van der Waals surface area contributed by atoms with Crippen LogP contribution in [-0.2, 0) is 20.5 Å². The van der Waals surface area contributed by atoms with Crippen LogP contribution in [0, 0.1) is 11.7 Å². The van der Waals surface area contributed by atoms with Crippen LogP contribution in [0.2, 0.25) is 0 Å². The van der Waals surface area contributed by atoms with Crippen molar-refractivity contribution in [2.45, 2.75) is 64.3 Å². The van der Waals surface area contributed by atoms with E-state index in [0.717, 1.165) is 11.4 Å². The molecule has 1 N–H and O–H groups in total. The van der Waals surface area contributed by atoms with Gasteiger partial charge in [0.05, 0.1) is 37.1 Å². The highest BCUT2D eigenvalue weighted by Gasteiger charge is 2.53. The van der Waals surface area contributed by atoms with Gasteiger partial charge in [-0.05, 0) is 63.0 Å². The fourth-order valence-electron chi connectivity index (χ4n) is 5.77. The Balaban J connectivity index is 1.48. The van der Waals surface area contributed by atoms with Crippen LogP contribution >= 0.6 is 0 Å². The highest BCUT2D eigenvalue weighted by Crippen LogP contribution is 2.39.